The topological polar surface area (TPSA) is 108 Å². The van der Waals surface area contributed by atoms with E-state index >= 15 is 0 Å². The Morgan fingerprint density at radius 2 is 1.70 bits per heavy atom. The van der Waals surface area contributed by atoms with Crippen LogP contribution in [-0.4, -0.2) is 59.0 Å². The van der Waals surface area contributed by atoms with Crippen molar-refractivity contribution in [3.63, 3.8) is 0 Å². The van der Waals surface area contributed by atoms with Crippen molar-refractivity contribution in [2.75, 3.05) is 29.9 Å². The predicted octanol–water partition coefficient (Wildman–Crippen LogP) is 4.31. The lowest BCUT2D eigenvalue weighted by Gasteiger charge is -2.26. The molecule has 1 saturated heterocycles. The summed E-state index contributed by atoms with van der Waals surface area (Å²) in [5.41, 5.74) is 4.19. The van der Waals surface area contributed by atoms with Crippen LogP contribution in [0.5, 0.6) is 0 Å². The zero-order valence-electron chi connectivity index (χ0n) is 20.0. The summed E-state index contributed by atoms with van der Waals surface area (Å²) >= 11 is 3.44. The van der Waals surface area contributed by atoms with Crippen molar-refractivity contribution in [2.24, 2.45) is 0 Å². The second kappa shape index (κ2) is 11.0. The van der Waals surface area contributed by atoms with E-state index in [2.05, 4.69) is 41.3 Å². The first-order valence-corrected chi connectivity index (χ1v) is 14.5. The van der Waals surface area contributed by atoms with Gasteiger partial charge in [-0.2, -0.15) is 5.10 Å². The van der Waals surface area contributed by atoms with Gasteiger partial charge < -0.3 is 5.32 Å². The largest absolute Gasteiger partial charge is 0.322 e. The lowest BCUT2D eigenvalue weighted by Crippen LogP contribution is -2.39. The number of aromatic amines is 1. The van der Waals surface area contributed by atoms with Gasteiger partial charge >= 0.3 is 0 Å². The Morgan fingerprint density at radius 3 is 2.43 bits per heavy atom. The molecule has 0 saturated carbocycles. The molecule has 37 heavy (non-hydrogen) atoms. The molecule has 0 bridgehead atoms. The van der Waals surface area contributed by atoms with E-state index in [0.717, 1.165) is 27.0 Å². The third-order valence-corrected chi connectivity index (χ3v) is 8.39. The van der Waals surface area contributed by atoms with Crippen LogP contribution in [0.15, 0.2) is 77.3 Å². The normalized spacial score (nSPS) is 15.4. The maximum absolute atomic E-state index is 12.9. The van der Waals surface area contributed by atoms with Gasteiger partial charge in [-0.25, -0.2) is 13.4 Å². The summed E-state index contributed by atoms with van der Waals surface area (Å²) in [6.45, 7) is 1.65. The van der Waals surface area contributed by atoms with Gasteiger partial charge in [0.25, 0.3) is 5.91 Å². The molecule has 0 spiro atoms. The van der Waals surface area contributed by atoms with Gasteiger partial charge in [0.15, 0.2) is 15.7 Å². The third kappa shape index (κ3) is 6.71. The number of aromatic nitrogens is 3. The maximum Gasteiger partial charge on any atom is 0.255 e. The van der Waals surface area contributed by atoms with Crippen LogP contribution in [0, 0.1) is 0 Å². The minimum atomic E-state index is -2.92. The number of H-pyrrole nitrogens is 1. The van der Waals surface area contributed by atoms with E-state index < -0.39 is 9.84 Å². The molecule has 3 aromatic carbocycles. The van der Waals surface area contributed by atoms with Crippen molar-refractivity contribution in [1.82, 2.24) is 20.1 Å². The number of benzene rings is 3. The summed E-state index contributed by atoms with van der Waals surface area (Å²) in [4.78, 5) is 19.6. The van der Waals surface area contributed by atoms with Crippen LogP contribution < -0.4 is 5.32 Å². The molecule has 1 aliphatic rings. The number of nitrogens with zero attached hydrogens (tertiary/aromatic N) is 3. The molecule has 10 heteroatoms. The van der Waals surface area contributed by atoms with Gasteiger partial charge in [0.05, 0.1) is 11.5 Å². The second-order valence-electron chi connectivity index (χ2n) is 9.07. The van der Waals surface area contributed by atoms with Gasteiger partial charge in [0, 0.05) is 47.3 Å². The third-order valence-electron chi connectivity index (χ3n) is 6.25. The average Bonchev–Trinajstić information content (AvgIpc) is 3.36. The monoisotopic (exact) mass is 579 g/mol. The van der Waals surface area contributed by atoms with Crippen molar-refractivity contribution < 1.29 is 13.2 Å². The van der Waals surface area contributed by atoms with Crippen molar-refractivity contribution in [2.45, 2.75) is 13.0 Å². The number of carbonyl (C=O) groups excluding carboxylic acids is 1. The number of rotatable bonds is 7. The fourth-order valence-electron chi connectivity index (χ4n) is 4.18. The van der Waals surface area contributed by atoms with Gasteiger partial charge in [0.2, 0.25) is 0 Å². The molecule has 1 aliphatic heterocycles. The Bertz CT molecular complexity index is 1490. The summed E-state index contributed by atoms with van der Waals surface area (Å²) in [6, 6.07) is 22.9. The fraction of sp³-hybridized carbons (Fsp3) is 0.222. The SMILES string of the molecule is O=C(Nc1ccc(-c2n[nH]c(Cc3ccc(Br)cc3)n2)cc1)c1cccc(CN2CCS(=O)(=O)CC2)c1. The molecule has 1 aromatic heterocycles. The highest BCUT2D eigenvalue weighted by Crippen LogP contribution is 2.20. The Morgan fingerprint density at radius 1 is 0.973 bits per heavy atom. The smallest absolute Gasteiger partial charge is 0.255 e. The lowest BCUT2D eigenvalue weighted by atomic mass is 10.1. The molecule has 2 N–H and O–H groups in total. The number of amides is 1. The molecule has 5 rings (SSSR count). The molecule has 0 unspecified atom stereocenters. The van der Waals surface area contributed by atoms with Crippen LogP contribution in [0.2, 0.25) is 0 Å². The molecule has 2 heterocycles. The van der Waals surface area contributed by atoms with Crippen LogP contribution in [0.4, 0.5) is 5.69 Å². The van der Waals surface area contributed by atoms with Crippen molar-refractivity contribution >= 4 is 37.4 Å². The number of hydrogen-bond donors (Lipinski definition) is 2. The van der Waals surface area contributed by atoms with Gasteiger partial charge in [-0.3, -0.25) is 14.8 Å². The molecule has 1 fully saturated rings. The first-order valence-electron chi connectivity index (χ1n) is 11.9. The van der Waals surface area contributed by atoms with Crippen molar-refractivity contribution in [1.29, 1.82) is 0 Å². The predicted molar refractivity (Wildman–Crippen MR) is 147 cm³/mol. The highest BCUT2D eigenvalue weighted by atomic mass is 79.9. The first-order chi connectivity index (χ1) is 17.8. The van der Waals surface area contributed by atoms with E-state index in [1.54, 1.807) is 6.07 Å². The molecule has 0 aliphatic carbocycles. The highest BCUT2D eigenvalue weighted by Gasteiger charge is 2.21. The van der Waals surface area contributed by atoms with Crippen LogP contribution in [0.25, 0.3) is 11.4 Å². The minimum absolute atomic E-state index is 0.184. The van der Waals surface area contributed by atoms with E-state index in [0.29, 0.717) is 43.1 Å². The van der Waals surface area contributed by atoms with E-state index in [1.807, 2.05) is 66.7 Å². The first kappa shape index (κ1) is 25.3. The molecule has 0 atom stereocenters. The number of carbonyl (C=O) groups is 1. The number of anilines is 1. The number of nitrogens with one attached hydrogen (secondary N) is 2. The zero-order valence-corrected chi connectivity index (χ0v) is 22.4. The molecule has 1 amide bonds. The van der Waals surface area contributed by atoms with Gasteiger partial charge in [-0.1, -0.05) is 40.2 Å². The second-order valence-corrected chi connectivity index (χ2v) is 12.3. The van der Waals surface area contributed by atoms with Crippen LogP contribution in [0.3, 0.4) is 0 Å². The highest BCUT2D eigenvalue weighted by molar-refractivity contribution is 9.10. The molecule has 0 radical (unpaired) electrons. The maximum atomic E-state index is 12.9. The van der Waals surface area contributed by atoms with Crippen molar-refractivity contribution in [3.05, 3.63) is 99.8 Å². The molecular weight excluding hydrogens is 554 g/mol. The summed E-state index contributed by atoms with van der Waals surface area (Å²) in [7, 11) is -2.92. The summed E-state index contributed by atoms with van der Waals surface area (Å²) in [5.74, 6) is 1.54. The molecule has 8 nitrogen and oxygen atoms in total. The standard InChI is InChI=1S/C27H26BrN5O3S/c28-23-8-4-19(5-9-23)17-25-30-26(32-31-25)21-6-10-24(11-7-21)29-27(34)22-3-1-2-20(16-22)18-33-12-14-37(35,36)15-13-33/h1-11,16H,12-15,17-18H2,(H,29,34)(H,30,31,32). The molecule has 190 valence electrons. The van der Waals surface area contributed by atoms with Crippen LogP contribution in [0.1, 0.15) is 27.3 Å². The summed E-state index contributed by atoms with van der Waals surface area (Å²) in [6.07, 6.45) is 0.657. The van der Waals surface area contributed by atoms with Crippen LogP contribution >= 0.6 is 15.9 Å². The fourth-order valence-corrected chi connectivity index (χ4v) is 5.72. The minimum Gasteiger partial charge on any atom is -0.322 e. The average molecular weight is 581 g/mol. The summed E-state index contributed by atoms with van der Waals surface area (Å²) < 4.78 is 24.3. The number of hydrogen-bond acceptors (Lipinski definition) is 6. The number of halogens is 1. The van der Waals surface area contributed by atoms with Gasteiger partial charge in [-0.05, 0) is 59.7 Å². The Labute approximate surface area is 224 Å². The Balaban J connectivity index is 1.19. The molecule has 4 aromatic rings. The Kier molecular flexibility index (Phi) is 7.50. The summed E-state index contributed by atoms with van der Waals surface area (Å²) in [5, 5.41) is 10.3. The molecular formula is C27H26BrN5O3S. The zero-order chi connectivity index (χ0) is 25.8. The van der Waals surface area contributed by atoms with E-state index in [1.165, 1.54) is 0 Å². The lowest BCUT2D eigenvalue weighted by molar-refractivity contribution is 0.102. The Hall–Kier alpha value is -3.34. The van der Waals surface area contributed by atoms with E-state index in [-0.39, 0.29) is 17.4 Å². The van der Waals surface area contributed by atoms with Gasteiger partial charge in [-0.15, -0.1) is 0 Å². The van der Waals surface area contributed by atoms with E-state index in [4.69, 9.17) is 0 Å². The van der Waals surface area contributed by atoms with Crippen molar-refractivity contribution in [3.8, 4) is 11.4 Å². The van der Waals surface area contributed by atoms with Gasteiger partial charge in [0.1, 0.15) is 5.82 Å². The van der Waals surface area contributed by atoms with E-state index in [9.17, 15) is 13.2 Å². The quantitative estimate of drug-likeness (QED) is 0.338. The van der Waals surface area contributed by atoms with Crippen LogP contribution in [-0.2, 0) is 22.8 Å². The number of sulfone groups is 1.